The first-order valence-electron chi connectivity index (χ1n) is 10.6. The van der Waals surface area contributed by atoms with E-state index in [2.05, 4.69) is 0 Å². The quantitative estimate of drug-likeness (QED) is 0.421. The van der Waals surface area contributed by atoms with E-state index in [9.17, 15) is 9.59 Å². The molecule has 0 heterocycles. The van der Waals surface area contributed by atoms with Crippen LogP contribution in [0, 0.1) is 0 Å². The highest BCUT2D eigenvalue weighted by atomic mass is 19.1. The van der Waals surface area contributed by atoms with Crippen LogP contribution in [0.5, 0.6) is 0 Å². The first-order valence-corrected chi connectivity index (χ1v) is 10.6. The molecule has 0 bridgehead atoms. The minimum Gasteiger partial charge on any atom is -0.463 e. The maximum absolute atomic E-state index is 15.8. The number of carbonyl (C=O) groups is 2. The van der Waals surface area contributed by atoms with Crippen molar-refractivity contribution >= 4 is 12.1 Å². The van der Waals surface area contributed by atoms with Crippen LogP contribution in [0.15, 0.2) is 24.3 Å². The summed E-state index contributed by atoms with van der Waals surface area (Å²) >= 11 is 0. The minimum absolute atomic E-state index is 0.0576. The number of nitrogens with zero attached hydrogens (tertiary/aromatic N) is 1. The van der Waals surface area contributed by atoms with E-state index in [0.29, 0.717) is 24.9 Å². The Hall–Kier alpha value is -2.15. The van der Waals surface area contributed by atoms with Gasteiger partial charge in [0.2, 0.25) is 5.67 Å². The number of alkyl halides is 1. The fourth-order valence-electron chi connectivity index (χ4n) is 2.92. The predicted octanol–water partition coefficient (Wildman–Crippen LogP) is 4.39. The SMILES string of the molecule is CCCCOC(=O)C(F)(CCCN(C)C(=O)OC(C)(C)C)Cc1cccc(CN)c1. The number of rotatable bonds is 11. The lowest BCUT2D eigenvalue weighted by molar-refractivity contribution is -0.158. The average molecular weight is 425 g/mol. The zero-order valence-electron chi connectivity index (χ0n) is 19.0. The van der Waals surface area contributed by atoms with Crippen molar-refractivity contribution in [3.05, 3.63) is 35.4 Å². The normalized spacial score (nSPS) is 13.4. The zero-order valence-corrected chi connectivity index (χ0v) is 19.0. The number of hydrogen-bond acceptors (Lipinski definition) is 5. The highest BCUT2D eigenvalue weighted by Crippen LogP contribution is 2.27. The fraction of sp³-hybridized carbons (Fsp3) is 0.652. The number of unbranched alkanes of at least 4 members (excludes halogenated alkanes) is 1. The van der Waals surface area contributed by atoms with Gasteiger partial charge in [0, 0.05) is 26.6 Å². The van der Waals surface area contributed by atoms with Crippen LogP contribution in [0.2, 0.25) is 0 Å². The van der Waals surface area contributed by atoms with Gasteiger partial charge in [0.15, 0.2) is 0 Å². The summed E-state index contributed by atoms with van der Waals surface area (Å²) in [7, 11) is 1.60. The summed E-state index contributed by atoms with van der Waals surface area (Å²) in [5.41, 5.74) is 4.46. The maximum Gasteiger partial charge on any atom is 0.410 e. The lowest BCUT2D eigenvalue weighted by atomic mass is 9.90. The molecule has 0 aliphatic carbocycles. The highest BCUT2D eigenvalue weighted by Gasteiger charge is 2.40. The third kappa shape index (κ3) is 9.11. The summed E-state index contributed by atoms with van der Waals surface area (Å²) in [6.07, 6.45) is 1.21. The van der Waals surface area contributed by atoms with Crippen molar-refractivity contribution in [2.75, 3.05) is 20.2 Å². The van der Waals surface area contributed by atoms with E-state index >= 15 is 4.39 Å². The molecule has 170 valence electrons. The number of ether oxygens (including phenoxy) is 2. The number of nitrogens with two attached hydrogens (primary N) is 1. The Morgan fingerprint density at radius 2 is 1.83 bits per heavy atom. The van der Waals surface area contributed by atoms with E-state index in [4.69, 9.17) is 15.2 Å². The molecule has 30 heavy (non-hydrogen) atoms. The van der Waals surface area contributed by atoms with Gasteiger partial charge in [0.1, 0.15) is 5.60 Å². The molecule has 7 heteroatoms. The Morgan fingerprint density at radius 1 is 1.17 bits per heavy atom. The van der Waals surface area contributed by atoms with Gasteiger partial charge in [-0.05, 0) is 51.2 Å². The summed E-state index contributed by atoms with van der Waals surface area (Å²) in [4.78, 5) is 26.1. The molecule has 0 aliphatic heterocycles. The highest BCUT2D eigenvalue weighted by molar-refractivity contribution is 5.80. The van der Waals surface area contributed by atoms with Gasteiger partial charge in [-0.2, -0.15) is 0 Å². The van der Waals surface area contributed by atoms with Crippen LogP contribution >= 0.6 is 0 Å². The van der Waals surface area contributed by atoms with Gasteiger partial charge in [-0.1, -0.05) is 37.6 Å². The Morgan fingerprint density at radius 3 is 2.43 bits per heavy atom. The summed E-state index contributed by atoms with van der Waals surface area (Å²) in [6.45, 7) is 8.14. The molecule has 0 aliphatic rings. The summed E-state index contributed by atoms with van der Waals surface area (Å²) < 4.78 is 26.3. The van der Waals surface area contributed by atoms with Crippen molar-refractivity contribution in [1.29, 1.82) is 0 Å². The molecule has 6 nitrogen and oxygen atoms in total. The topological polar surface area (TPSA) is 81.9 Å². The van der Waals surface area contributed by atoms with Gasteiger partial charge in [0.05, 0.1) is 6.61 Å². The second-order valence-corrected chi connectivity index (χ2v) is 8.66. The average Bonchev–Trinajstić information content (AvgIpc) is 2.66. The van der Waals surface area contributed by atoms with Crippen LogP contribution in [-0.4, -0.2) is 48.4 Å². The van der Waals surface area contributed by atoms with E-state index in [1.807, 2.05) is 13.0 Å². The molecule has 0 aromatic heterocycles. The van der Waals surface area contributed by atoms with Gasteiger partial charge in [0.25, 0.3) is 0 Å². The zero-order chi connectivity index (χ0) is 22.8. The third-order valence-electron chi connectivity index (χ3n) is 4.58. The largest absolute Gasteiger partial charge is 0.463 e. The molecule has 0 saturated heterocycles. The number of benzene rings is 1. The van der Waals surface area contributed by atoms with Crippen LogP contribution in [0.4, 0.5) is 9.18 Å². The van der Waals surface area contributed by atoms with Crippen molar-refractivity contribution in [2.45, 2.75) is 77.6 Å². The molecule has 1 aromatic carbocycles. The molecule has 0 radical (unpaired) electrons. The van der Waals surface area contributed by atoms with Crippen LogP contribution in [0.1, 0.15) is 64.5 Å². The third-order valence-corrected chi connectivity index (χ3v) is 4.58. The molecule has 0 saturated carbocycles. The fourth-order valence-corrected chi connectivity index (χ4v) is 2.92. The van der Waals surface area contributed by atoms with Crippen LogP contribution in [0.25, 0.3) is 0 Å². The molecule has 2 N–H and O–H groups in total. The number of halogens is 1. The molecule has 1 aromatic rings. The monoisotopic (exact) mass is 424 g/mol. The molecule has 1 atom stereocenters. The molecule has 1 unspecified atom stereocenters. The van der Waals surface area contributed by atoms with Gasteiger partial charge in [-0.3, -0.25) is 0 Å². The Kier molecular flexibility index (Phi) is 10.3. The first-order chi connectivity index (χ1) is 14.0. The Balaban J connectivity index is 2.82. The van der Waals surface area contributed by atoms with E-state index in [1.54, 1.807) is 46.0 Å². The van der Waals surface area contributed by atoms with E-state index < -0.39 is 23.3 Å². The Bertz CT molecular complexity index is 690. The molecule has 1 amide bonds. The predicted molar refractivity (Wildman–Crippen MR) is 116 cm³/mol. The Labute approximate surface area is 179 Å². The van der Waals surface area contributed by atoms with Gasteiger partial charge in [-0.15, -0.1) is 0 Å². The van der Waals surface area contributed by atoms with Gasteiger partial charge >= 0.3 is 12.1 Å². The van der Waals surface area contributed by atoms with Crippen molar-refractivity contribution < 1.29 is 23.5 Å². The number of hydrogen-bond donors (Lipinski definition) is 1. The van der Waals surface area contributed by atoms with Gasteiger partial charge in [-0.25, -0.2) is 14.0 Å². The smallest absolute Gasteiger partial charge is 0.410 e. The van der Waals surface area contributed by atoms with E-state index in [1.165, 1.54) is 4.90 Å². The number of amides is 1. The van der Waals surface area contributed by atoms with Crippen LogP contribution in [-0.2, 0) is 27.2 Å². The van der Waals surface area contributed by atoms with Crippen LogP contribution in [0.3, 0.4) is 0 Å². The van der Waals surface area contributed by atoms with Gasteiger partial charge < -0.3 is 20.1 Å². The second-order valence-electron chi connectivity index (χ2n) is 8.66. The molecular weight excluding hydrogens is 387 g/mol. The summed E-state index contributed by atoms with van der Waals surface area (Å²) in [6, 6.07) is 7.25. The lowest BCUT2D eigenvalue weighted by Gasteiger charge is -2.27. The van der Waals surface area contributed by atoms with Crippen molar-refractivity contribution in [1.82, 2.24) is 4.90 Å². The second kappa shape index (κ2) is 11.9. The minimum atomic E-state index is -2.17. The van der Waals surface area contributed by atoms with Crippen molar-refractivity contribution in [2.24, 2.45) is 5.73 Å². The standard InChI is InChI=1S/C23H37FN2O4/c1-6-7-14-29-20(27)23(24,16-18-10-8-11-19(15-18)17-25)12-9-13-26(5)21(28)30-22(2,3)4/h8,10-11,15H,6-7,9,12-14,16-17,25H2,1-5H3. The van der Waals surface area contributed by atoms with Crippen molar-refractivity contribution in [3.63, 3.8) is 0 Å². The lowest BCUT2D eigenvalue weighted by Crippen LogP contribution is -2.40. The number of esters is 1. The maximum atomic E-state index is 15.8. The van der Waals surface area contributed by atoms with Crippen LogP contribution < -0.4 is 5.73 Å². The first kappa shape index (κ1) is 25.9. The number of carbonyl (C=O) groups excluding carboxylic acids is 2. The molecule has 0 fully saturated rings. The molecular formula is C23H37FN2O4. The molecule has 0 spiro atoms. The summed E-state index contributed by atoms with van der Waals surface area (Å²) in [5.74, 6) is -0.853. The summed E-state index contributed by atoms with van der Waals surface area (Å²) in [5, 5.41) is 0. The van der Waals surface area contributed by atoms with E-state index in [-0.39, 0.29) is 26.0 Å². The van der Waals surface area contributed by atoms with Crippen molar-refractivity contribution in [3.8, 4) is 0 Å². The van der Waals surface area contributed by atoms with E-state index in [0.717, 1.165) is 12.0 Å². The molecule has 1 rings (SSSR count).